The summed E-state index contributed by atoms with van der Waals surface area (Å²) in [6.45, 7) is 4.05. The Hall–Kier alpha value is -0.450. The standard InChI is InChI=1S/C14H22N2OS/c1-10-16-12(8-18-10)7-14(9-15-2)5-6-17-13(14)11-3-4-11/h8,11,13,15H,3-7,9H2,1-2H3. The van der Waals surface area contributed by atoms with E-state index >= 15 is 0 Å². The van der Waals surface area contributed by atoms with Gasteiger partial charge in [-0.1, -0.05) is 0 Å². The number of ether oxygens (including phenoxy) is 1. The van der Waals surface area contributed by atoms with E-state index in [9.17, 15) is 0 Å². The van der Waals surface area contributed by atoms with Crippen LogP contribution in [-0.2, 0) is 11.2 Å². The molecule has 0 aromatic carbocycles. The third-order valence-corrected chi connectivity index (χ3v) is 5.10. The Morgan fingerprint density at radius 1 is 1.56 bits per heavy atom. The summed E-state index contributed by atoms with van der Waals surface area (Å²) in [6, 6.07) is 0. The summed E-state index contributed by atoms with van der Waals surface area (Å²) in [4.78, 5) is 4.65. The van der Waals surface area contributed by atoms with Crippen LogP contribution in [0.1, 0.15) is 30.0 Å². The number of hydrogen-bond acceptors (Lipinski definition) is 4. The molecule has 3 nitrogen and oxygen atoms in total. The van der Waals surface area contributed by atoms with Crippen LogP contribution in [0.15, 0.2) is 5.38 Å². The van der Waals surface area contributed by atoms with Gasteiger partial charge in [0.25, 0.3) is 0 Å². The molecule has 1 aromatic heterocycles. The van der Waals surface area contributed by atoms with Gasteiger partial charge in [-0.2, -0.15) is 0 Å². The molecule has 0 amide bonds. The first-order chi connectivity index (χ1) is 8.73. The first kappa shape index (κ1) is 12.6. The topological polar surface area (TPSA) is 34.2 Å². The first-order valence-corrected chi connectivity index (χ1v) is 7.79. The van der Waals surface area contributed by atoms with Crippen LogP contribution < -0.4 is 5.32 Å². The van der Waals surface area contributed by atoms with E-state index in [1.54, 1.807) is 11.3 Å². The number of thiazole rings is 1. The molecule has 0 spiro atoms. The Morgan fingerprint density at radius 2 is 2.39 bits per heavy atom. The average molecular weight is 266 g/mol. The molecule has 2 heterocycles. The van der Waals surface area contributed by atoms with Gasteiger partial charge in [0, 0.05) is 23.9 Å². The van der Waals surface area contributed by atoms with Crippen molar-refractivity contribution in [2.75, 3.05) is 20.2 Å². The van der Waals surface area contributed by atoms with Gasteiger partial charge in [0.1, 0.15) is 0 Å². The van der Waals surface area contributed by atoms with Crippen LogP contribution in [0.3, 0.4) is 0 Å². The molecule has 100 valence electrons. The summed E-state index contributed by atoms with van der Waals surface area (Å²) in [7, 11) is 2.05. The summed E-state index contributed by atoms with van der Waals surface area (Å²) < 4.78 is 6.06. The zero-order valence-corrected chi connectivity index (χ0v) is 12.1. The first-order valence-electron chi connectivity index (χ1n) is 6.91. The van der Waals surface area contributed by atoms with E-state index in [1.807, 2.05) is 0 Å². The second kappa shape index (κ2) is 4.91. The predicted octanol–water partition coefficient (Wildman–Crippen LogP) is 2.40. The van der Waals surface area contributed by atoms with Crippen molar-refractivity contribution in [1.29, 1.82) is 0 Å². The summed E-state index contributed by atoms with van der Waals surface area (Å²) in [6.07, 6.45) is 5.40. The molecule has 1 saturated carbocycles. The van der Waals surface area contributed by atoms with Crippen molar-refractivity contribution in [2.45, 2.75) is 38.7 Å². The van der Waals surface area contributed by atoms with E-state index in [1.165, 1.54) is 30.0 Å². The third-order valence-electron chi connectivity index (χ3n) is 4.28. The molecule has 18 heavy (non-hydrogen) atoms. The lowest BCUT2D eigenvalue weighted by Crippen LogP contribution is -2.42. The van der Waals surface area contributed by atoms with Gasteiger partial charge >= 0.3 is 0 Å². The fraction of sp³-hybridized carbons (Fsp3) is 0.786. The minimum atomic E-state index is 0.274. The van der Waals surface area contributed by atoms with Crippen LogP contribution >= 0.6 is 11.3 Å². The largest absolute Gasteiger partial charge is 0.377 e. The maximum atomic E-state index is 6.06. The number of nitrogens with zero attached hydrogens (tertiary/aromatic N) is 1. The normalized spacial score (nSPS) is 32.0. The highest BCUT2D eigenvalue weighted by atomic mass is 32.1. The number of nitrogens with one attached hydrogen (secondary N) is 1. The van der Waals surface area contributed by atoms with Gasteiger partial charge < -0.3 is 10.1 Å². The van der Waals surface area contributed by atoms with E-state index < -0.39 is 0 Å². The second-order valence-electron chi connectivity index (χ2n) is 5.81. The average Bonchev–Trinajstić information content (AvgIpc) is 2.98. The fourth-order valence-electron chi connectivity index (χ4n) is 3.39. The van der Waals surface area contributed by atoms with E-state index in [-0.39, 0.29) is 5.41 Å². The zero-order valence-electron chi connectivity index (χ0n) is 11.2. The van der Waals surface area contributed by atoms with Crippen molar-refractivity contribution in [2.24, 2.45) is 11.3 Å². The number of rotatable bonds is 5. The molecule has 1 aromatic rings. The molecule has 3 rings (SSSR count). The molecule has 4 heteroatoms. The van der Waals surface area contributed by atoms with Crippen molar-refractivity contribution in [3.63, 3.8) is 0 Å². The SMILES string of the molecule is CNCC1(Cc2csc(C)n2)CCOC1C1CC1. The summed E-state index contributed by atoms with van der Waals surface area (Å²) in [5.41, 5.74) is 1.53. The predicted molar refractivity (Wildman–Crippen MR) is 74.0 cm³/mol. The summed E-state index contributed by atoms with van der Waals surface area (Å²) in [5, 5.41) is 6.78. The number of aryl methyl sites for hydroxylation is 1. The van der Waals surface area contributed by atoms with Crippen molar-refractivity contribution in [1.82, 2.24) is 10.3 Å². The lowest BCUT2D eigenvalue weighted by molar-refractivity contribution is 0.0311. The zero-order chi connectivity index (χ0) is 12.6. The summed E-state index contributed by atoms with van der Waals surface area (Å²) in [5.74, 6) is 0.806. The molecule has 0 bridgehead atoms. The van der Waals surface area contributed by atoms with Gasteiger partial charge in [-0.15, -0.1) is 11.3 Å². The molecule has 1 aliphatic carbocycles. The van der Waals surface area contributed by atoms with Gasteiger partial charge in [0.05, 0.1) is 16.8 Å². The van der Waals surface area contributed by atoms with Gasteiger partial charge in [0.15, 0.2) is 0 Å². The van der Waals surface area contributed by atoms with Crippen molar-refractivity contribution in [3.8, 4) is 0 Å². The van der Waals surface area contributed by atoms with Crippen molar-refractivity contribution in [3.05, 3.63) is 16.1 Å². The second-order valence-corrected chi connectivity index (χ2v) is 6.87. The van der Waals surface area contributed by atoms with Crippen LogP contribution in [0.2, 0.25) is 0 Å². The molecular weight excluding hydrogens is 244 g/mol. The Bertz CT molecular complexity index is 416. The molecule has 1 saturated heterocycles. The highest BCUT2D eigenvalue weighted by molar-refractivity contribution is 7.09. The Kier molecular flexibility index (Phi) is 3.43. The monoisotopic (exact) mass is 266 g/mol. The molecule has 2 atom stereocenters. The van der Waals surface area contributed by atoms with Crippen LogP contribution in [0.5, 0.6) is 0 Å². The minimum absolute atomic E-state index is 0.274. The maximum Gasteiger partial charge on any atom is 0.0897 e. The third kappa shape index (κ3) is 2.33. The molecule has 2 fully saturated rings. The highest BCUT2D eigenvalue weighted by Crippen LogP contribution is 2.49. The Labute approximate surface area is 113 Å². The summed E-state index contributed by atoms with van der Waals surface area (Å²) >= 11 is 1.76. The van der Waals surface area contributed by atoms with Gasteiger partial charge in [-0.3, -0.25) is 0 Å². The lowest BCUT2D eigenvalue weighted by Gasteiger charge is -2.33. The van der Waals surface area contributed by atoms with E-state index in [0.29, 0.717) is 6.10 Å². The van der Waals surface area contributed by atoms with E-state index in [2.05, 4.69) is 29.7 Å². The molecule has 1 N–H and O–H groups in total. The maximum absolute atomic E-state index is 6.06. The number of aromatic nitrogens is 1. The van der Waals surface area contributed by atoms with Crippen LogP contribution in [0.25, 0.3) is 0 Å². The molecule has 0 radical (unpaired) electrons. The van der Waals surface area contributed by atoms with Gasteiger partial charge in [0.2, 0.25) is 0 Å². The van der Waals surface area contributed by atoms with Crippen molar-refractivity contribution < 1.29 is 4.74 Å². The fourth-order valence-corrected chi connectivity index (χ4v) is 4.00. The molecule has 2 aliphatic rings. The van der Waals surface area contributed by atoms with Crippen LogP contribution in [-0.4, -0.2) is 31.3 Å². The molecule has 2 unspecified atom stereocenters. The number of hydrogen-bond donors (Lipinski definition) is 1. The lowest BCUT2D eigenvalue weighted by atomic mass is 9.75. The Morgan fingerprint density at radius 3 is 3.00 bits per heavy atom. The Balaban J connectivity index is 1.81. The van der Waals surface area contributed by atoms with Crippen LogP contribution in [0.4, 0.5) is 0 Å². The quantitative estimate of drug-likeness (QED) is 0.888. The smallest absolute Gasteiger partial charge is 0.0897 e. The van der Waals surface area contributed by atoms with E-state index in [4.69, 9.17) is 4.74 Å². The van der Waals surface area contributed by atoms with Gasteiger partial charge in [-0.05, 0) is 45.6 Å². The van der Waals surface area contributed by atoms with E-state index in [0.717, 1.165) is 25.5 Å². The van der Waals surface area contributed by atoms with Gasteiger partial charge in [-0.25, -0.2) is 4.98 Å². The van der Waals surface area contributed by atoms with Crippen molar-refractivity contribution >= 4 is 11.3 Å². The molecule has 1 aliphatic heterocycles. The molecular formula is C14H22N2OS. The highest BCUT2D eigenvalue weighted by Gasteiger charge is 2.50. The van der Waals surface area contributed by atoms with Crippen LogP contribution in [0, 0.1) is 18.3 Å². The minimum Gasteiger partial charge on any atom is -0.377 e.